The molecule has 98 valence electrons. The van der Waals surface area contributed by atoms with E-state index >= 15 is 0 Å². The summed E-state index contributed by atoms with van der Waals surface area (Å²) in [5, 5.41) is 4.47. The van der Waals surface area contributed by atoms with Crippen molar-refractivity contribution in [1.29, 1.82) is 0 Å². The summed E-state index contributed by atoms with van der Waals surface area (Å²) in [4.78, 5) is 9.84. The van der Waals surface area contributed by atoms with Gasteiger partial charge >= 0.3 is 19.5 Å². The molecule has 0 aromatic carbocycles. The molecule has 3 nitrogen and oxygen atoms in total. The van der Waals surface area contributed by atoms with Crippen LogP contribution < -0.4 is 0 Å². The van der Waals surface area contributed by atoms with Crippen molar-refractivity contribution in [3.8, 4) is 0 Å². The van der Waals surface area contributed by atoms with Crippen LogP contribution in [0, 0.1) is 6.92 Å². The van der Waals surface area contributed by atoms with Gasteiger partial charge in [0.2, 0.25) is 0 Å². The third kappa shape index (κ3) is 7.14. The fourth-order valence-corrected chi connectivity index (χ4v) is 1.38. The first kappa shape index (κ1) is 18.5. The molecule has 0 aromatic heterocycles. The summed E-state index contributed by atoms with van der Waals surface area (Å²) in [6.45, 7) is 15.6. The fraction of sp³-hybridized carbons (Fsp3) is 0.385. The van der Waals surface area contributed by atoms with E-state index in [2.05, 4.69) is 43.9 Å². The van der Waals surface area contributed by atoms with E-state index < -0.39 is 0 Å². The first-order chi connectivity index (χ1) is 7.80. The maximum atomic E-state index is 7.50. The van der Waals surface area contributed by atoms with Gasteiger partial charge < -0.3 is 27.5 Å². The Kier molecular flexibility index (Phi) is 12.7. The van der Waals surface area contributed by atoms with Crippen LogP contribution in [0.1, 0.15) is 13.8 Å². The molecule has 0 amide bonds. The van der Waals surface area contributed by atoms with E-state index in [1.165, 1.54) is 0 Å². The van der Waals surface area contributed by atoms with E-state index in [0.717, 1.165) is 31.0 Å². The van der Waals surface area contributed by atoms with Crippen molar-refractivity contribution >= 4 is 6.79 Å². The van der Waals surface area contributed by atoms with Crippen LogP contribution in [-0.4, -0.2) is 31.3 Å². The summed E-state index contributed by atoms with van der Waals surface area (Å²) >= 11 is 0. The third-order valence-electron chi connectivity index (χ3n) is 2.32. The molecule has 17 heavy (non-hydrogen) atoms. The van der Waals surface area contributed by atoms with Gasteiger partial charge in [-0.3, -0.25) is 0 Å². The van der Waals surface area contributed by atoms with Crippen LogP contribution >= 0.6 is 0 Å². The van der Waals surface area contributed by atoms with Gasteiger partial charge in [0.25, 0.3) is 0 Å². The summed E-state index contributed by atoms with van der Waals surface area (Å²) < 4.78 is 0. The fourth-order valence-electron chi connectivity index (χ4n) is 1.38. The Morgan fingerprint density at radius 2 is 2.00 bits per heavy atom. The number of nitrogens with zero attached hydrogens (tertiary/aromatic N) is 2. The van der Waals surface area contributed by atoms with E-state index in [1.54, 1.807) is 6.08 Å². The van der Waals surface area contributed by atoms with Crippen LogP contribution in [0.2, 0.25) is 0 Å². The second kappa shape index (κ2) is 11.6. The van der Waals surface area contributed by atoms with Crippen LogP contribution in [0.15, 0.2) is 35.7 Å². The molecule has 0 aromatic rings. The number of likely N-dealkylation sites (N-methyl/N-ethyl adjacent to an activating group) is 1. The molecule has 0 bridgehead atoms. The molecule has 0 aliphatic carbocycles. The van der Waals surface area contributed by atoms with Gasteiger partial charge in [-0.2, -0.15) is 11.8 Å². The summed E-state index contributed by atoms with van der Waals surface area (Å²) in [5.74, 6) is 0. The molecule has 1 radical (unpaired) electrons. The summed E-state index contributed by atoms with van der Waals surface area (Å²) in [6.07, 6.45) is 7.85. The number of carbonyl (C=O) groups excluding carboxylic acids is 1. The standard InChI is InChI=1S/C12H18N2.CO.Ru.H/c1-4-11-8-7-9-12(13-11)10-14(5-2)6-3;1-2;;/h4,7-9H,1,5-6,10H2,2-3H3;;;/q-2;-1;;/b11-4-;;;. The summed E-state index contributed by atoms with van der Waals surface area (Å²) in [7, 11) is 0. The second-order valence-corrected chi connectivity index (χ2v) is 3.22. The van der Waals surface area contributed by atoms with E-state index in [9.17, 15) is 0 Å². The molecular weight excluding hydrogens is 301 g/mol. The molecule has 1 aliphatic rings. The predicted molar refractivity (Wildman–Crippen MR) is 68.9 cm³/mol. The zero-order chi connectivity index (χ0) is 12.4. The average Bonchev–Trinajstić information content (AvgIpc) is 2.38. The molecule has 0 saturated carbocycles. The van der Waals surface area contributed by atoms with E-state index in [1.807, 2.05) is 12.2 Å². The van der Waals surface area contributed by atoms with Gasteiger partial charge in [-0.05, 0) is 13.1 Å². The van der Waals surface area contributed by atoms with Crippen molar-refractivity contribution in [3.05, 3.63) is 47.9 Å². The zero-order valence-electron chi connectivity index (χ0n) is 10.3. The molecule has 1 aliphatic heterocycles. The van der Waals surface area contributed by atoms with Gasteiger partial charge in [-0.15, -0.1) is 0 Å². The van der Waals surface area contributed by atoms with Crippen molar-refractivity contribution in [2.24, 2.45) is 0 Å². The topological polar surface area (TPSA) is 34.4 Å². The van der Waals surface area contributed by atoms with Gasteiger partial charge in [-0.25, -0.2) is 13.0 Å². The Balaban J connectivity index is 0. The molecule has 0 N–H and O–H groups in total. The van der Waals surface area contributed by atoms with Crippen molar-refractivity contribution in [2.45, 2.75) is 13.8 Å². The first-order valence-corrected chi connectivity index (χ1v) is 5.31. The normalized spacial score (nSPS) is 15.5. The predicted octanol–water partition coefficient (Wildman–Crippen LogP) is 2.21. The Bertz CT molecular complexity index is 281. The monoisotopic (exact) mass is 321 g/mol. The van der Waals surface area contributed by atoms with Crippen molar-refractivity contribution in [1.82, 2.24) is 4.90 Å². The maximum absolute atomic E-state index is 7.50. The first-order valence-electron chi connectivity index (χ1n) is 5.31. The Morgan fingerprint density at radius 3 is 2.47 bits per heavy atom. The molecule has 0 atom stereocenters. The molecule has 4 heteroatoms. The van der Waals surface area contributed by atoms with E-state index in [-0.39, 0.29) is 19.5 Å². The Morgan fingerprint density at radius 1 is 1.41 bits per heavy atom. The molecule has 0 unspecified atom stereocenters. The van der Waals surface area contributed by atoms with Crippen molar-refractivity contribution < 1.29 is 24.3 Å². The van der Waals surface area contributed by atoms with Gasteiger partial charge in [0.1, 0.15) is 0 Å². The third-order valence-corrected chi connectivity index (χ3v) is 2.32. The molecule has 0 spiro atoms. The minimum atomic E-state index is 0. The van der Waals surface area contributed by atoms with Crippen LogP contribution in [0.4, 0.5) is 0 Å². The van der Waals surface area contributed by atoms with Crippen LogP contribution in [0.25, 0.3) is 5.32 Å². The average molecular weight is 320 g/mol. The van der Waals surface area contributed by atoms with Gasteiger partial charge in [-0.1, -0.05) is 26.0 Å². The van der Waals surface area contributed by atoms with Gasteiger partial charge in [0, 0.05) is 6.54 Å². The zero-order valence-corrected chi connectivity index (χ0v) is 12.2. The number of allylic oxidation sites excluding steroid dienone is 4. The van der Waals surface area contributed by atoms with Crippen molar-refractivity contribution in [2.75, 3.05) is 19.6 Å². The Hall–Kier alpha value is -0.857. The van der Waals surface area contributed by atoms with Crippen LogP contribution in [-0.2, 0) is 24.3 Å². The van der Waals surface area contributed by atoms with Crippen molar-refractivity contribution in [3.63, 3.8) is 0 Å². The second-order valence-electron chi connectivity index (χ2n) is 3.22. The van der Waals surface area contributed by atoms with E-state index in [0.29, 0.717) is 0 Å². The molecule has 0 fully saturated rings. The van der Waals surface area contributed by atoms with E-state index in [4.69, 9.17) is 4.79 Å². The van der Waals surface area contributed by atoms with Crippen LogP contribution in [0.5, 0.6) is 0 Å². The number of hydrogen-bond donors (Lipinski definition) is 0. The minimum absolute atomic E-state index is 0. The van der Waals surface area contributed by atoms with Gasteiger partial charge in [0.05, 0.1) is 0 Å². The number of hydrogen-bond acceptors (Lipinski definition) is 2. The van der Waals surface area contributed by atoms with Gasteiger partial charge in [0.15, 0.2) is 0 Å². The number of rotatable bonds is 4. The molecule has 0 saturated heterocycles. The Labute approximate surface area is 117 Å². The summed E-state index contributed by atoms with van der Waals surface area (Å²) in [5.41, 5.74) is 2.07. The molecule has 1 heterocycles. The molecular formula is C13H19N2ORu-3. The SMILES string of the molecule is [C-]=O.[CH2-]/C=C1/C=CC=C(CN(CC)CC)[N-]1.[RuH]. The molecule has 1 rings (SSSR count). The quantitative estimate of drug-likeness (QED) is 0.588. The van der Waals surface area contributed by atoms with Crippen LogP contribution in [0.3, 0.4) is 0 Å². The summed E-state index contributed by atoms with van der Waals surface area (Å²) in [6, 6.07) is 0.